The Hall–Kier alpha value is -1.26. The Labute approximate surface area is 108 Å². The van der Waals surface area contributed by atoms with E-state index in [1.165, 1.54) is 0 Å². The van der Waals surface area contributed by atoms with E-state index >= 15 is 0 Å². The molecule has 0 unspecified atom stereocenters. The van der Waals surface area contributed by atoms with Gasteiger partial charge in [0.25, 0.3) is 0 Å². The molecular formula is C14H22O4. The molecule has 0 spiro atoms. The van der Waals surface area contributed by atoms with Gasteiger partial charge >= 0.3 is 0 Å². The number of aliphatic hydroxyl groups is 1. The second kappa shape index (κ2) is 6.07. The minimum absolute atomic E-state index is 0.0438. The SMILES string of the molecule is COCc1c(OC)ccc(C(C)(C)CO)c1OC. The minimum atomic E-state index is -0.375. The Morgan fingerprint density at radius 2 is 1.78 bits per heavy atom. The number of hydrogen-bond acceptors (Lipinski definition) is 4. The number of ether oxygens (including phenoxy) is 3. The van der Waals surface area contributed by atoms with Crippen LogP contribution in [-0.2, 0) is 16.8 Å². The van der Waals surface area contributed by atoms with Gasteiger partial charge in [-0.05, 0) is 6.07 Å². The van der Waals surface area contributed by atoms with Crippen LogP contribution in [0, 0.1) is 0 Å². The van der Waals surface area contributed by atoms with Crippen molar-refractivity contribution in [2.24, 2.45) is 0 Å². The van der Waals surface area contributed by atoms with Crippen molar-refractivity contribution in [3.8, 4) is 11.5 Å². The minimum Gasteiger partial charge on any atom is -0.496 e. The Bertz CT molecular complexity index is 399. The van der Waals surface area contributed by atoms with Gasteiger partial charge in [0.15, 0.2) is 0 Å². The quantitative estimate of drug-likeness (QED) is 0.844. The molecule has 0 radical (unpaired) electrons. The third kappa shape index (κ3) is 2.76. The fourth-order valence-corrected chi connectivity index (χ4v) is 1.93. The maximum absolute atomic E-state index is 9.50. The van der Waals surface area contributed by atoms with Crippen LogP contribution < -0.4 is 9.47 Å². The maximum Gasteiger partial charge on any atom is 0.131 e. The average Bonchev–Trinajstić information content (AvgIpc) is 2.38. The summed E-state index contributed by atoms with van der Waals surface area (Å²) in [6.45, 7) is 4.38. The van der Waals surface area contributed by atoms with E-state index in [1.807, 2.05) is 26.0 Å². The molecular weight excluding hydrogens is 232 g/mol. The highest BCUT2D eigenvalue weighted by atomic mass is 16.5. The first-order chi connectivity index (χ1) is 8.51. The van der Waals surface area contributed by atoms with Crippen molar-refractivity contribution in [3.05, 3.63) is 23.3 Å². The van der Waals surface area contributed by atoms with Crippen LogP contribution in [0.3, 0.4) is 0 Å². The summed E-state index contributed by atoms with van der Waals surface area (Å²) >= 11 is 0. The van der Waals surface area contributed by atoms with E-state index < -0.39 is 0 Å². The van der Waals surface area contributed by atoms with Gasteiger partial charge in [-0.1, -0.05) is 19.9 Å². The molecule has 0 atom stereocenters. The largest absolute Gasteiger partial charge is 0.496 e. The van der Waals surface area contributed by atoms with Crippen molar-refractivity contribution in [2.75, 3.05) is 27.9 Å². The Balaban J connectivity index is 3.42. The number of benzene rings is 1. The number of hydrogen-bond donors (Lipinski definition) is 1. The van der Waals surface area contributed by atoms with Crippen molar-refractivity contribution in [2.45, 2.75) is 25.9 Å². The second-order valence-corrected chi connectivity index (χ2v) is 4.80. The van der Waals surface area contributed by atoms with E-state index in [0.29, 0.717) is 6.61 Å². The summed E-state index contributed by atoms with van der Waals surface area (Å²) in [4.78, 5) is 0. The zero-order valence-corrected chi connectivity index (χ0v) is 11.7. The smallest absolute Gasteiger partial charge is 0.131 e. The lowest BCUT2D eigenvalue weighted by Gasteiger charge is -2.27. The number of aliphatic hydroxyl groups excluding tert-OH is 1. The van der Waals surface area contributed by atoms with Gasteiger partial charge in [-0.15, -0.1) is 0 Å². The highest BCUT2D eigenvalue weighted by Crippen LogP contribution is 2.39. The molecule has 4 nitrogen and oxygen atoms in total. The van der Waals surface area contributed by atoms with E-state index in [4.69, 9.17) is 14.2 Å². The van der Waals surface area contributed by atoms with Crippen LogP contribution in [0.15, 0.2) is 12.1 Å². The summed E-state index contributed by atoms with van der Waals surface area (Å²) in [5.41, 5.74) is 1.43. The lowest BCUT2D eigenvalue weighted by Crippen LogP contribution is -2.23. The van der Waals surface area contributed by atoms with Crippen LogP contribution in [-0.4, -0.2) is 33.0 Å². The number of rotatable bonds is 6. The highest BCUT2D eigenvalue weighted by Gasteiger charge is 2.26. The van der Waals surface area contributed by atoms with E-state index in [2.05, 4.69) is 0 Å². The van der Waals surface area contributed by atoms with Gasteiger partial charge < -0.3 is 19.3 Å². The van der Waals surface area contributed by atoms with Gasteiger partial charge in [0, 0.05) is 18.1 Å². The molecule has 18 heavy (non-hydrogen) atoms. The lowest BCUT2D eigenvalue weighted by molar-refractivity contribution is 0.176. The first-order valence-electron chi connectivity index (χ1n) is 5.86. The molecule has 0 saturated carbocycles. The molecule has 1 N–H and O–H groups in total. The predicted molar refractivity (Wildman–Crippen MR) is 70.4 cm³/mol. The Kier molecular flexibility index (Phi) is 4.99. The van der Waals surface area contributed by atoms with Gasteiger partial charge in [0.05, 0.1) is 33.0 Å². The first-order valence-corrected chi connectivity index (χ1v) is 5.86. The van der Waals surface area contributed by atoms with Gasteiger partial charge in [0.1, 0.15) is 11.5 Å². The van der Waals surface area contributed by atoms with Crippen LogP contribution >= 0.6 is 0 Å². The van der Waals surface area contributed by atoms with Crippen LogP contribution in [0.1, 0.15) is 25.0 Å². The van der Waals surface area contributed by atoms with Crippen LogP contribution in [0.25, 0.3) is 0 Å². The molecule has 0 heterocycles. The first kappa shape index (κ1) is 14.8. The standard InChI is InChI=1S/C14H22O4/c1-14(2,9-15)11-6-7-12(17-4)10(8-16-3)13(11)18-5/h6-7,15H,8-9H2,1-5H3. The van der Waals surface area contributed by atoms with Crippen LogP contribution in [0.5, 0.6) is 11.5 Å². The third-order valence-corrected chi connectivity index (χ3v) is 3.05. The summed E-state index contributed by atoms with van der Waals surface area (Å²) in [5.74, 6) is 1.45. The highest BCUT2D eigenvalue weighted by molar-refractivity contribution is 5.52. The molecule has 0 amide bonds. The summed E-state index contributed by atoms with van der Waals surface area (Å²) in [5, 5.41) is 9.50. The molecule has 4 heteroatoms. The summed E-state index contributed by atoms with van der Waals surface area (Å²) in [6.07, 6.45) is 0. The fraction of sp³-hybridized carbons (Fsp3) is 0.571. The maximum atomic E-state index is 9.50. The zero-order valence-electron chi connectivity index (χ0n) is 11.7. The average molecular weight is 254 g/mol. The molecule has 0 aliphatic heterocycles. The lowest BCUT2D eigenvalue weighted by atomic mass is 9.83. The van der Waals surface area contributed by atoms with Crippen molar-refractivity contribution in [3.63, 3.8) is 0 Å². The summed E-state index contributed by atoms with van der Waals surface area (Å²) < 4.78 is 16.0. The Morgan fingerprint density at radius 1 is 1.11 bits per heavy atom. The van der Waals surface area contributed by atoms with E-state index in [-0.39, 0.29) is 12.0 Å². The van der Waals surface area contributed by atoms with E-state index in [1.54, 1.807) is 21.3 Å². The van der Waals surface area contributed by atoms with Crippen molar-refractivity contribution < 1.29 is 19.3 Å². The molecule has 0 saturated heterocycles. The molecule has 102 valence electrons. The zero-order chi connectivity index (χ0) is 13.8. The van der Waals surface area contributed by atoms with Crippen molar-refractivity contribution in [1.29, 1.82) is 0 Å². The molecule has 0 fully saturated rings. The Morgan fingerprint density at radius 3 is 2.22 bits per heavy atom. The van der Waals surface area contributed by atoms with Gasteiger partial charge in [-0.3, -0.25) is 0 Å². The van der Waals surface area contributed by atoms with E-state index in [0.717, 1.165) is 22.6 Å². The van der Waals surface area contributed by atoms with Gasteiger partial charge in [-0.25, -0.2) is 0 Å². The fourth-order valence-electron chi connectivity index (χ4n) is 1.93. The normalized spacial score (nSPS) is 11.4. The molecule has 0 aromatic heterocycles. The van der Waals surface area contributed by atoms with Crippen LogP contribution in [0.2, 0.25) is 0 Å². The monoisotopic (exact) mass is 254 g/mol. The molecule has 1 rings (SSSR count). The molecule has 1 aromatic carbocycles. The summed E-state index contributed by atoms with van der Waals surface area (Å²) in [7, 11) is 4.86. The van der Waals surface area contributed by atoms with Crippen LogP contribution in [0.4, 0.5) is 0 Å². The predicted octanol–water partition coefficient (Wildman–Crippen LogP) is 2.12. The molecule has 0 aliphatic rings. The van der Waals surface area contributed by atoms with Crippen molar-refractivity contribution >= 4 is 0 Å². The molecule has 0 aliphatic carbocycles. The van der Waals surface area contributed by atoms with Gasteiger partial charge in [-0.2, -0.15) is 0 Å². The molecule has 0 bridgehead atoms. The van der Waals surface area contributed by atoms with E-state index in [9.17, 15) is 5.11 Å². The summed E-state index contributed by atoms with van der Waals surface area (Å²) in [6, 6.07) is 3.80. The van der Waals surface area contributed by atoms with Gasteiger partial charge in [0.2, 0.25) is 0 Å². The number of methoxy groups -OCH3 is 3. The van der Waals surface area contributed by atoms with Crippen molar-refractivity contribution in [1.82, 2.24) is 0 Å². The topological polar surface area (TPSA) is 47.9 Å². The second-order valence-electron chi connectivity index (χ2n) is 4.80. The molecule has 1 aromatic rings. The third-order valence-electron chi connectivity index (χ3n) is 3.05.